The van der Waals surface area contributed by atoms with E-state index in [1.807, 2.05) is 24.3 Å². The molecule has 34 heavy (non-hydrogen) atoms. The van der Waals surface area contributed by atoms with Crippen LogP contribution in [0.5, 0.6) is 11.5 Å². The zero-order chi connectivity index (χ0) is 24.7. The Kier molecular flexibility index (Phi) is 8.14. The minimum atomic E-state index is -1.08. The van der Waals surface area contributed by atoms with Crippen molar-refractivity contribution in [3.8, 4) is 17.6 Å². The van der Waals surface area contributed by atoms with E-state index in [2.05, 4.69) is 5.32 Å². The van der Waals surface area contributed by atoms with Gasteiger partial charge in [0, 0.05) is 16.3 Å². The lowest BCUT2D eigenvalue weighted by Crippen LogP contribution is -2.13. The average molecular weight is 497 g/mol. The number of nitriles is 1. The Labute approximate surface area is 205 Å². The number of nitrogens with one attached hydrogen (secondary N) is 1. The van der Waals surface area contributed by atoms with Crippen LogP contribution in [0.1, 0.15) is 21.5 Å². The third-order valence-corrected chi connectivity index (χ3v) is 5.30. The number of aromatic carboxylic acids is 1. The molecule has 0 aliphatic heterocycles. The molecule has 0 aliphatic carbocycles. The minimum absolute atomic E-state index is 0.0765. The first-order chi connectivity index (χ1) is 16.3. The van der Waals surface area contributed by atoms with Crippen molar-refractivity contribution in [1.29, 1.82) is 5.26 Å². The van der Waals surface area contributed by atoms with Crippen molar-refractivity contribution in [3.05, 3.63) is 93.0 Å². The standard InChI is InChI=1S/C25H18Cl2N2O5/c1-33-22-12-15(11-21(27)23(22)34-14-17-4-2-3-5-20(17)26)10-18(13-28)24(30)29-19-8-6-16(7-9-19)25(31)32/h2-12H,14H2,1H3,(H,29,30)(H,31,32)/b18-10+. The molecule has 0 aliphatic rings. The van der Waals surface area contributed by atoms with Crippen LogP contribution in [-0.2, 0) is 11.4 Å². The third kappa shape index (κ3) is 6.07. The molecule has 3 rings (SSSR count). The van der Waals surface area contributed by atoms with E-state index in [-0.39, 0.29) is 22.8 Å². The minimum Gasteiger partial charge on any atom is -0.493 e. The summed E-state index contributed by atoms with van der Waals surface area (Å²) in [6.45, 7) is 0.164. The van der Waals surface area contributed by atoms with E-state index < -0.39 is 11.9 Å². The number of methoxy groups -OCH3 is 1. The molecule has 0 spiro atoms. The fourth-order valence-corrected chi connectivity index (χ4v) is 3.40. The van der Waals surface area contributed by atoms with Gasteiger partial charge in [-0.2, -0.15) is 5.26 Å². The summed E-state index contributed by atoms with van der Waals surface area (Å²) < 4.78 is 11.2. The molecule has 0 bridgehead atoms. The molecule has 9 heteroatoms. The van der Waals surface area contributed by atoms with Gasteiger partial charge in [0.1, 0.15) is 18.2 Å². The summed E-state index contributed by atoms with van der Waals surface area (Å²) in [6.07, 6.45) is 1.35. The highest BCUT2D eigenvalue weighted by atomic mass is 35.5. The van der Waals surface area contributed by atoms with Crippen molar-refractivity contribution in [2.45, 2.75) is 6.61 Å². The zero-order valence-electron chi connectivity index (χ0n) is 17.8. The molecule has 0 fully saturated rings. The SMILES string of the molecule is COc1cc(/C=C(\C#N)C(=O)Nc2ccc(C(=O)O)cc2)cc(Cl)c1OCc1ccccc1Cl. The Morgan fingerprint density at radius 1 is 1.09 bits per heavy atom. The third-order valence-electron chi connectivity index (χ3n) is 4.65. The molecule has 3 aromatic rings. The number of carboxylic acids is 1. The number of halogens is 2. The number of carboxylic acid groups (broad SMARTS) is 1. The molecular formula is C25H18Cl2N2O5. The molecule has 3 aromatic carbocycles. The van der Waals surface area contributed by atoms with Gasteiger partial charge in [-0.3, -0.25) is 4.79 Å². The molecule has 0 saturated heterocycles. The summed E-state index contributed by atoms with van der Waals surface area (Å²) in [6, 6.07) is 17.8. The normalized spacial score (nSPS) is 10.8. The van der Waals surface area contributed by atoms with Gasteiger partial charge in [-0.05, 0) is 54.1 Å². The maximum Gasteiger partial charge on any atom is 0.335 e. The van der Waals surface area contributed by atoms with Gasteiger partial charge in [-0.15, -0.1) is 0 Å². The smallest absolute Gasteiger partial charge is 0.335 e. The van der Waals surface area contributed by atoms with Crippen molar-refractivity contribution in [2.75, 3.05) is 12.4 Å². The maximum absolute atomic E-state index is 12.5. The molecule has 0 saturated carbocycles. The van der Waals surface area contributed by atoms with Crippen LogP contribution in [0.3, 0.4) is 0 Å². The lowest BCUT2D eigenvalue weighted by atomic mass is 10.1. The van der Waals surface area contributed by atoms with E-state index in [0.29, 0.717) is 27.8 Å². The fraction of sp³-hybridized carbons (Fsp3) is 0.0800. The van der Waals surface area contributed by atoms with E-state index in [9.17, 15) is 14.9 Å². The van der Waals surface area contributed by atoms with Crippen LogP contribution in [0.15, 0.2) is 66.2 Å². The Bertz CT molecular complexity index is 1300. The van der Waals surface area contributed by atoms with E-state index >= 15 is 0 Å². The van der Waals surface area contributed by atoms with Crippen molar-refractivity contribution in [2.24, 2.45) is 0 Å². The number of carbonyl (C=O) groups excluding carboxylic acids is 1. The molecule has 0 radical (unpaired) electrons. The van der Waals surface area contributed by atoms with Gasteiger partial charge in [-0.25, -0.2) is 4.79 Å². The van der Waals surface area contributed by atoms with Gasteiger partial charge in [0.15, 0.2) is 11.5 Å². The van der Waals surface area contributed by atoms with Crippen molar-refractivity contribution >= 4 is 46.8 Å². The number of carbonyl (C=O) groups is 2. The number of benzene rings is 3. The summed E-state index contributed by atoms with van der Waals surface area (Å²) in [5.41, 5.74) is 1.44. The number of amides is 1. The second-order valence-corrected chi connectivity index (χ2v) is 7.74. The number of anilines is 1. The highest BCUT2D eigenvalue weighted by molar-refractivity contribution is 6.32. The van der Waals surface area contributed by atoms with Crippen LogP contribution in [-0.4, -0.2) is 24.1 Å². The molecule has 2 N–H and O–H groups in total. The highest BCUT2D eigenvalue weighted by Crippen LogP contribution is 2.38. The predicted molar refractivity (Wildman–Crippen MR) is 129 cm³/mol. The molecule has 7 nitrogen and oxygen atoms in total. The molecule has 0 aromatic heterocycles. The molecule has 0 heterocycles. The fourth-order valence-electron chi connectivity index (χ4n) is 2.94. The first-order valence-corrected chi connectivity index (χ1v) is 10.6. The van der Waals surface area contributed by atoms with Gasteiger partial charge in [-0.1, -0.05) is 41.4 Å². The zero-order valence-corrected chi connectivity index (χ0v) is 19.4. The molecule has 172 valence electrons. The summed E-state index contributed by atoms with van der Waals surface area (Å²) >= 11 is 12.6. The highest BCUT2D eigenvalue weighted by Gasteiger charge is 2.15. The van der Waals surface area contributed by atoms with Gasteiger partial charge in [0.2, 0.25) is 0 Å². The summed E-state index contributed by atoms with van der Waals surface area (Å²) in [5.74, 6) is -1.14. The summed E-state index contributed by atoms with van der Waals surface area (Å²) in [5, 5.41) is 21.8. The lowest BCUT2D eigenvalue weighted by molar-refractivity contribution is -0.112. The second kappa shape index (κ2) is 11.2. The van der Waals surface area contributed by atoms with Crippen molar-refractivity contribution in [3.63, 3.8) is 0 Å². The number of hydrogen-bond acceptors (Lipinski definition) is 5. The largest absolute Gasteiger partial charge is 0.493 e. The Morgan fingerprint density at radius 2 is 1.79 bits per heavy atom. The first kappa shape index (κ1) is 24.6. The van der Waals surface area contributed by atoms with E-state index in [4.69, 9.17) is 37.8 Å². The van der Waals surface area contributed by atoms with Gasteiger partial charge in [0.05, 0.1) is 17.7 Å². The van der Waals surface area contributed by atoms with E-state index in [0.717, 1.165) is 5.56 Å². The summed E-state index contributed by atoms with van der Waals surface area (Å²) in [7, 11) is 1.44. The quantitative estimate of drug-likeness (QED) is 0.300. The molecule has 0 atom stereocenters. The monoisotopic (exact) mass is 496 g/mol. The van der Waals surface area contributed by atoms with Crippen LogP contribution in [0.25, 0.3) is 6.08 Å². The number of ether oxygens (including phenoxy) is 2. The molecular weight excluding hydrogens is 479 g/mol. The lowest BCUT2D eigenvalue weighted by Gasteiger charge is -2.14. The number of rotatable bonds is 8. The predicted octanol–water partition coefficient (Wildman–Crippen LogP) is 5.82. The summed E-state index contributed by atoms with van der Waals surface area (Å²) in [4.78, 5) is 23.5. The number of hydrogen-bond donors (Lipinski definition) is 2. The Balaban J connectivity index is 1.80. The first-order valence-electron chi connectivity index (χ1n) is 9.82. The Hall–Kier alpha value is -3.99. The van der Waals surface area contributed by atoms with Crippen LogP contribution < -0.4 is 14.8 Å². The van der Waals surface area contributed by atoms with Gasteiger partial charge < -0.3 is 19.9 Å². The van der Waals surface area contributed by atoms with Crippen molar-refractivity contribution in [1.82, 2.24) is 0 Å². The van der Waals surface area contributed by atoms with Crippen LogP contribution in [0.4, 0.5) is 5.69 Å². The van der Waals surface area contributed by atoms with E-state index in [1.165, 1.54) is 43.5 Å². The second-order valence-electron chi connectivity index (χ2n) is 6.92. The van der Waals surface area contributed by atoms with Gasteiger partial charge in [0.25, 0.3) is 5.91 Å². The average Bonchev–Trinajstić information content (AvgIpc) is 2.82. The van der Waals surface area contributed by atoms with Crippen LogP contribution in [0, 0.1) is 11.3 Å². The topological polar surface area (TPSA) is 109 Å². The molecule has 1 amide bonds. The Morgan fingerprint density at radius 3 is 2.41 bits per heavy atom. The number of nitrogens with zero attached hydrogens (tertiary/aromatic N) is 1. The van der Waals surface area contributed by atoms with Crippen molar-refractivity contribution < 1.29 is 24.2 Å². The van der Waals surface area contributed by atoms with E-state index in [1.54, 1.807) is 12.1 Å². The maximum atomic E-state index is 12.5. The van der Waals surface area contributed by atoms with Crippen LogP contribution >= 0.6 is 23.2 Å². The molecule has 0 unspecified atom stereocenters. The van der Waals surface area contributed by atoms with Crippen LogP contribution in [0.2, 0.25) is 10.0 Å². The van der Waals surface area contributed by atoms with Gasteiger partial charge >= 0.3 is 5.97 Å².